The first-order valence-corrected chi connectivity index (χ1v) is 8.62. The summed E-state index contributed by atoms with van der Waals surface area (Å²) >= 11 is 5.98. The topological polar surface area (TPSA) is 85.8 Å². The zero-order valence-corrected chi connectivity index (χ0v) is 14.5. The van der Waals surface area contributed by atoms with Gasteiger partial charge in [0.1, 0.15) is 5.82 Å². The fourth-order valence-electron chi connectivity index (χ4n) is 3.09. The minimum Gasteiger partial charge on any atom is -0.359 e. The summed E-state index contributed by atoms with van der Waals surface area (Å²) in [6, 6.07) is 7.77. The Bertz CT molecular complexity index is 704. The van der Waals surface area contributed by atoms with Crippen molar-refractivity contribution in [3.63, 3.8) is 0 Å². The van der Waals surface area contributed by atoms with Gasteiger partial charge in [0.05, 0.1) is 12.1 Å². The van der Waals surface area contributed by atoms with Crippen molar-refractivity contribution in [1.82, 2.24) is 20.1 Å². The predicted molar refractivity (Wildman–Crippen MR) is 93.3 cm³/mol. The highest BCUT2D eigenvalue weighted by atomic mass is 35.5. The molecule has 0 bridgehead atoms. The Balaban J connectivity index is 1.94. The van der Waals surface area contributed by atoms with Gasteiger partial charge in [0.25, 0.3) is 0 Å². The molecule has 1 aliphatic carbocycles. The molecular formula is C17H22ClN5O. The van der Waals surface area contributed by atoms with Crippen molar-refractivity contribution in [2.24, 2.45) is 5.73 Å². The molecule has 1 amide bonds. The van der Waals surface area contributed by atoms with Crippen molar-refractivity contribution in [2.45, 2.75) is 44.1 Å². The molecule has 128 valence electrons. The first kappa shape index (κ1) is 16.9. The van der Waals surface area contributed by atoms with Crippen LogP contribution in [0.1, 0.15) is 43.3 Å². The van der Waals surface area contributed by atoms with Gasteiger partial charge in [0.2, 0.25) is 5.91 Å². The van der Waals surface area contributed by atoms with Gasteiger partial charge in [0.15, 0.2) is 5.82 Å². The lowest BCUT2D eigenvalue weighted by atomic mass is 9.86. The van der Waals surface area contributed by atoms with Gasteiger partial charge in [-0.3, -0.25) is 4.79 Å². The Hall–Kier alpha value is -1.92. The van der Waals surface area contributed by atoms with Crippen LogP contribution in [0.2, 0.25) is 5.02 Å². The van der Waals surface area contributed by atoms with E-state index in [0.29, 0.717) is 16.8 Å². The van der Waals surface area contributed by atoms with Crippen LogP contribution >= 0.6 is 11.6 Å². The van der Waals surface area contributed by atoms with Gasteiger partial charge in [-0.05, 0) is 49.9 Å². The second-order valence-electron chi connectivity index (χ2n) is 6.24. The standard InChI is InChI=1S/C17H22ClN5O/c1-20-16(24)10-15-21-17(11-2-6-13(19)7-3-11)23(22-15)14-8-4-12(18)5-9-14/h4-5,8-9,11,13H,2-3,6-7,10,19H2,1H3,(H,20,24). The summed E-state index contributed by atoms with van der Waals surface area (Å²) in [4.78, 5) is 16.3. The van der Waals surface area contributed by atoms with Crippen LogP contribution in [-0.2, 0) is 11.2 Å². The Labute approximate surface area is 146 Å². The summed E-state index contributed by atoms with van der Waals surface area (Å²) in [7, 11) is 1.61. The molecule has 0 radical (unpaired) electrons. The first-order valence-electron chi connectivity index (χ1n) is 8.24. The third-order valence-corrected chi connectivity index (χ3v) is 4.73. The van der Waals surface area contributed by atoms with Crippen LogP contribution in [0.5, 0.6) is 0 Å². The van der Waals surface area contributed by atoms with Gasteiger partial charge in [0, 0.05) is 24.0 Å². The molecule has 0 atom stereocenters. The fraction of sp³-hybridized carbons (Fsp3) is 0.471. The highest BCUT2D eigenvalue weighted by Gasteiger charge is 2.26. The van der Waals surface area contributed by atoms with E-state index < -0.39 is 0 Å². The molecule has 0 spiro atoms. The quantitative estimate of drug-likeness (QED) is 0.887. The molecule has 1 fully saturated rings. The number of carbonyl (C=O) groups excluding carboxylic acids is 1. The number of likely N-dealkylation sites (N-methyl/N-ethyl adjacent to an activating group) is 1. The van der Waals surface area contributed by atoms with E-state index in [2.05, 4.69) is 15.4 Å². The third-order valence-electron chi connectivity index (χ3n) is 4.48. The number of halogens is 1. The average Bonchev–Trinajstić information content (AvgIpc) is 2.99. The van der Waals surface area contributed by atoms with E-state index in [1.807, 2.05) is 28.9 Å². The van der Waals surface area contributed by atoms with Crippen LogP contribution in [0, 0.1) is 0 Å². The van der Waals surface area contributed by atoms with Crippen LogP contribution in [-0.4, -0.2) is 33.8 Å². The normalized spacial score (nSPS) is 20.8. The highest BCUT2D eigenvalue weighted by molar-refractivity contribution is 6.30. The molecule has 3 rings (SSSR count). The second kappa shape index (κ2) is 7.32. The molecule has 1 saturated carbocycles. The second-order valence-corrected chi connectivity index (χ2v) is 6.67. The van der Waals surface area contributed by atoms with E-state index in [-0.39, 0.29) is 18.4 Å². The molecule has 1 aromatic carbocycles. The maximum absolute atomic E-state index is 11.7. The summed E-state index contributed by atoms with van der Waals surface area (Å²) in [6.45, 7) is 0. The van der Waals surface area contributed by atoms with Crippen molar-refractivity contribution in [3.05, 3.63) is 40.9 Å². The number of aromatic nitrogens is 3. The molecule has 0 unspecified atom stereocenters. The number of nitrogens with one attached hydrogen (secondary N) is 1. The summed E-state index contributed by atoms with van der Waals surface area (Å²) in [5, 5.41) is 7.85. The van der Waals surface area contributed by atoms with Crippen molar-refractivity contribution >= 4 is 17.5 Å². The minimum atomic E-state index is -0.0968. The summed E-state index contributed by atoms with van der Waals surface area (Å²) < 4.78 is 1.84. The number of nitrogens with two attached hydrogens (primary N) is 1. The van der Waals surface area contributed by atoms with E-state index in [9.17, 15) is 4.79 Å². The zero-order chi connectivity index (χ0) is 17.1. The Morgan fingerprint density at radius 3 is 2.58 bits per heavy atom. The van der Waals surface area contributed by atoms with E-state index >= 15 is 0 Å². The molecule has 7 heteroatoms. The number of benzene rings is 1. The monoisotopic (exact) mass is 347 g/mol. The molecular weight excluding hydrogens is 326 g/mol. The van der Waals surface area contributed by atoms with E-state index in [1.54, 1.807) is 7.05 Å². The third kappa shape index (κ3) is 3.76. The molecule has 24 heavy (non-hydrogen) atoms. The Morgan fingerprint density at radius 1 is 1.29 bits per heavy atom. The van der Waals surface area contributed by atoms with E-state index in [0.717, 1.165) is 37.2 Å². The predicted octanol–water partition coefficient (Wildman–Crippen LogP) is 2.19. The maximum Gasteiger partial charge on any atom is 0.227 e. The van der Waals surface area contributed by atoms with Gasteiger partial charge in [-0.1, -0.05) is 11.6 Å². The van der Waals surface area contributed by atoms with Gasteiger partial charge >= 0.3 is 0 Å². The molecule has 6 nitrogen and oxygen atoms in total. The smallest absolute Gasteiger partial charge is 0.227 e. The summed E-state index contributed by atoms with van der Waals surface area (Å²) in [5.74, 6) is 1.66. The van der Waals surface area contributed by atoms with Crippen LogP contribution in [0.3, 0.4) is 0 Å². The van der Waals surface area contributed by atoms with E-state index in [1.165, 1.54) is 0 Å². The average molecular weight is 348 g/mol. The first-order chi connectivity index (χ1) is 11.6. The lowest BCUT2D eigenvalue weighted by Gasteiger charge is -2.25. The van der Waals surface area contributed by atoms with Gasteiger partial charge in [-0.2, -0.15) is 5.10 Å². The minimum absolute atomic E-state index is 0.0968. The molecule has 3 N–H and O–H groups in total. The lowest BCUT2D eigenvalue weighted by molar-refractivity contribution is -0.120. The summed E-state index contributed by atoms with van der Waals surface area (Å²) in [5.41, 5.74) is 6.92. The number of rotatable bonds is 4. The van der Waals surface area contributed by atoms with Crippen LogP contribution < -0.4 is 11.1 Å². The number of hydrogen-bond acceptors (Lipinski definition) is 4. The molecule has 1 aliphatic rings. The molecule has 1 heterocycles. The number of carbonyl (C=O) groups is 1. The SMILES string of the molecule is CNC(=O)Cc1nc(C2CCC(N)CC2)n(-c2ccc(Cl)cc2)n1. The summed E-state index contributed by atoms with van der Waals surface area (Å²) in [6.07, 6.45) is 4.14. The number of nitrogens with zero attached hydrogens (tertiary/aromatic N) is 3. The van der Waals surface area contributed by atoms with Crippen LogP contribution in [0.4, 0.5) is 0 Å². The van der Waals surface area contributed by atoms with Crippen molar-refractivity contribution in [1.29, 1.82) is 0 Å². The number of amides is 1. The van der Waals surface area contributed by atoms with Crippen molar-refractivity contribution < 1.29 is 4.79 Å². The highest BCUT2D eigenvalue weighted by Crippen LogP contribution is 2.32. The lowest BCUT2D eigenvalue weighted by Crippen LogP contribution is -2.26. The van der Waals surface area contributed by atoms with Crippen LogP contribution in [0.15, 0.2) is 24.3 Å². The number of hydrogen-bond donors (Lipinski definition) is 2. The van der Waals surface area contributed by atoms with E-state index in [4.69, 9.17) is 17.3 Å². The molecule has 2 aromatic rings. The van der Waals surface area contributed by atoms with Crippen molar-refractivity contribution in [3.8, 4) is 5.69 Å². The molecule has 1 aromatic heterocycles. The van der Waals surface area contributed by atoms with Crippen LogP contribution in [0.25, 0.3) is 5.69 Å². The maximum atomic E-state index is 11.7. The van der Waals surface area contributed by atoms with Gasteiger partial charge in [-0.25, -0.2) is 9.67 Å². The Kier molecular flexibility index (Phi) is 5.16. The fourth-order valence-corrected chi connectivity index (χ4v) is 3.22. The van der Waals surface area contributed by atoms with Gasteiger partial charge < -0.3 is 11.1 Å². The zero-order valence-electron chi connectivity index (χ0n) is 13.7. The largest absolute Gasteiger partial charge is 0.359 e. The molecule has 0 saturated heterocycles. The van der Waals surface area contributed by atoms with Crippen molar-refractivity contribution in [2.75, 3.05) is 7.05 Å². The molecule has 0 aliphatic heterocycles. The Morgan fingerprint density at radius 2 is 1.96 bits per heavy atom. The van der Waals surface area contributed by atoms with Gasteiger partial charge in [-0.15, -0.1) is 0 Å².